The van der Waals surface area contributed by atoms with Crippen molar-refractivity contribution in [3.63, 3.8) is 0 Å². The standard InChI is InChI=1S/C34H52N2.Pd/c1-7-13-15-16-17-18-20-34(36-32-24-22-28(10-4)30(12-6)26-32)33(19-14-8-2)35-31-23-21-27(9-3)29(11-5)25-31;/h21-26H,7-20H2,1-6H3;/b35-33+,36-34+;. The van der Waals surface area contributed by atoms with E-state index in [0.717, 1.165) is 56.3 Å². The Labute approximate surface area is 242 Å². The number of hydrogen-bond acceptors (Lipinski definition) is 2. The first-order valence-electron chi connectivity index (χ1n) is 15.0. The van der Waals surface area contributed by atoms with Crippen LogP contribution < -0.4 is 0 Å². The van der Waals surface area contributed by atoms with Crippen molar-refractivity contribution in [1.29, 1.82) is 0 Å². The molecule has 0 aliphatic carbocycles. The van der Waals surface area contributed by atoms with E-state index < -0.39 is 0 Å². The molecule has 0 fully saturated rings. The Bertz CT molecular complexity index is 974. The normalized spacial score (nSPS) is 12.1. The first-order valence-corrected chi connectivity index (χ1v) is 15.0. The van der Waals surface area contributed by atoms with Crippen LogP contribution >= 0.6 is 0 Å². The van der Waals surface area contributed by atoms with Crippen molar-refractivity contribution in [3.8, 4) is 0 Å². The molecule has 0 bridgehead atoms. The summed E-state index contributed by atoms with van der Waals surface area (Å²) in [6, 6.07) is 13.6. The molecule has 0 aliphatic rings. The maximum Gasteiger partial charge on any atom is 0.0636 e. The van der Waals surface area contributed by atoms with Gasteiger partial charge in [-0.1, -0.05) is 92.2 Å². The summed E-state index contributed by atoms with van der Waals surface area (Å²) < 4.78 is 0. The Hall–Kier alpha value is -1.56. The van der Waals surface area contributed by atoms with Crippen LogP contribution in [0.4, 0.5) is 11.4 Å². The molecule has 0 saturated heterocycles. The molecule has 2 aromatic carbocycles. The van der Waals surface area contributed by atoms with E-state index in [9.17, 15) is 0 Å². The van der Waals surface area contributed by atoms with Crippen LogP contribution in [0.25, 0.3) is 0 Å². The van der Waals surface area contributed by atoms with Crippen molar-refractivity contribution < 1.29 is 20.4 Å². The van der Waals surface area contributed by atoms with E-state index in [0.29, 0.717) is 0 Å². The zero-order chi connectivity index (χ0) is 26.2. The van der Waals surface area contributed by atoms with Gasteiger partial charge in [-0.05, 0) is 97.9 Å². The molecule has 0 radical (unpaired) electrons. The predicted molar refractivity (Wildman–Crippen MR) is 162 cm³/mol. The van der Waals surface area contributed by atoms with Gasteiger partial charge in [0.2, 0.25) is 0 Å². The molecule has 208 valence electrons. The molecule has 0 saturated carbocycles. The van der Waals surface area contributed by atoms with E-state index in [-0.39, 0.29) is 20.4 Å². The Morgan fingerprint density at radius 2 is 0.892 bits per heavy atom. The van der Waals surface area contributed by atoms with Crippen molar-refractivity contribution in [1.82, 2.24) is 0 Å². The fraction of sp³-hybridized carbons (Fsp3) is 0.588. The molecular formula is C34H52N2Pd. The average molecular weight is 595 g/mol. The molecule has 0 unspecified atom stereocenters. The predicted octanol–water partition coefficient (Wildman–Crippen LogP) is 10.7. The van der Waals surface area contributed by atoms with Gasteiger partial charge in [-0.2, -0.15) is 0 Å². The topological polar surface area (TPSA) is 24.7 Å². The summed E-state index contributed by atoms with van der Waals surface area (Å²) in [6.07, 6.45) is 16.4. The molecule has 2 aromatic rings. The maximum atomic E-state index is 5.29. The Morgan fingerprint density at radius 3 is 1.32 bits per heavy atom. The Kier molecular flexibility index (Phi) is 17.6. The van der Waals surface area contributed by atoms with Crippen LogP contribution in [0, 0.1) is 0 Å². The quantitative estimate of drug-likeness (QED) is 0.0988. The zero-order valence-corrected chi connectivity index (χ0v) is 26.1. The second kappa shape index (κ2) is 19.5. The SMILES string of the molecule is CCCCCCCCC(=N\c1ccc(CC)c(CC)c1)/C(CCCC)=N/c1ccc(CC)c(CC)c1.[Pd]. The molecule has 0 heterocycles. The van der Waals surface area contributed by atoms with Gasteiger partial charge in [-0.25, -0.2) is 0 Å². The van der Waals surface area contributed by atoms with E-state index in [1.807, 2.05) is 0 Å². The van der Waals surface area contributed by atoms with Gasteiger partial charge < -0.3 is 0 Å². The van der Waals surface area contributed by atoms with Crippen LogP contribution in [0.1, 0.15) is 128 Å². The number of rotatable bonds is 17. The molecule has 0 aromatic heterocycles. The molecule has 0 amide bonds. The summed E-state index contributed by atoms with van der Waals surface area (Å²) in [5.41, 5.74) is 10.3. The Balaban J connectivity index is 0.00000684. The summed E-state index contributed by atoms with van der Waals surface area (Å²) in [5.74, 6) is 0. The molecule has 3 heteroatoms. The summed E-state index contributed by atoms with van der Waals surface area (Å²) in [6.45, 7) is 13.5. The average Bonchev–Trinajstić information content (AvgIpc) is 2.91. The van der Waals surface area contributed by atoms with Crippen molar-refractivity contribution >= 4 is 22.8 Å². The first kappa shape index (κ1) is 33.5. The maximum absolute atomic E-state index is 5.29. The van der Waals surface area contributed by atoms with Crippen LogP contribution in [0.15, 0.2) is 46.4 Å². The smallest absolute Gasteiger partial charge is 0.0636 e. The van der Waals surface area contributed by atoms with Crippen LogP contribution in [0.5, 0.6) is 0 Å². The van der Waals surface area contributed by atoms with E-state index >= 15 is 0 Å². The molecule has 0 aliphatic heterocycles. The number of unbranched alkanes of at least 4 members (excludes halogenated alkanes) is 6. The third kappa shape index (κ3) is 11.4. The van der Waals surface area contributed by atoms with E-state index in [2.05, 4.69) is 77.9 Å². The van der Waals surface area contributed by atoms with Crippen molar-refractivity contribution in [2.24, 2.45) is 9.98 Å². The minimum absolute atomic E-state index is 0. The number of nitrogens with zero attached hydrogens (tertiary/aromatic N) is 2. The number of hydrogen-bond donors (Lipinski definition) is 0. The number of aliphatic imine (C=N–C) groups is 2. The summed E-state index contributed by atoms with van der Waals surface area (Å²) in [5, 5.41) is 0. The molecule has 0 spiro atoms. The third-order valence-electron chi connectivity index (χ3n) is 7.30. The molecule has 2 rings (SSSR count). The fourth-order valence-corrected chi connectivity index (χ4v) is 4.97. The summed E-state index contributed by atoms with van der Waals surface area (Å²) >= 11 is 0. The number of benzene rings is 2. The first-order chi connectivity index (χ1) is 17.6. The minimum Gasteiger partial charge on any atom is -0.252 e. The van der Waals surface area contributed by atoms with E-state index in [1.165, 1.54) is 78.6 Å². The zero-order valence-electron chi connectivity index (χ0n) is 24.6. The van der Waals surface area contributed by atoms with Gasteiger partial charge in [0.1, 0.15) is 0 Å². The van der Waals surface area contributed by atoms with Crippen molar-refractivity contribution in [2.45, 2.75) is 131 Å². The van der Waals surface area contributed by atoms with Crippen LogP contribution in [0.3, 0.4) is 0 Å². The third-order valence-corrected chi connectivity index (χ3v) is 7.30. The summed E-state index contributed by atoms with van der Waals surface area (Å²) in [4.78, 5) is 10.6. The van der Waals surface area contributed by atoms with Gasteiger partial charge in [0.15, 0.2) is 0 Å². The minimum atomic E-state index is 0. The molecule has 0 N–H and O–H groups in total. The van der Waals surface area contributed by atoms with Gasteiger partial charge >= 0.3 is 0 Å². The fourth-order valence-electron chi connectivity index (χ4n) is 4.97. The summed E-state index contributed by atoms with van der Waals surface area (Å²) in [7, 11) is 0. The number of aryl methyl sites for hydroxylation is 4. The van der Waals surface area contributed by atoms with Gasteiger partial charge in [-0.3, -0.25) is 9.98 Å². The van der Waals surface area contributed by atoms with Gasteiger partial charge in [0, 0.05) is 20.4 Å². The molecule has 0 atom stereocenters. The van der Waals surface area contributed by atoms with Gasteiger partial charge in [-0.15, -0.1) is 0 Å². The van der Waals surface area contributed by atoms with Crippen LogP contribution in [-0.4, -0.2) is 11.4 Å². The van der Waals surface area contributed by atoms with Gasteiger partial charge in [0.25, 0.3) is 0 Å². The molecule has 37 heavy (non-hydrogen) atoms. The second-order valence-corrected chi connectivity index (χ2v) is 10.1. The molecular weight excluding hydrogens is 543 g/mol. The van der Waals surface area contributed by atoms with E-state index in [4.69, 9.17) is 9.98 Å². The Morgan fingerprint density at radius 1 is 0.486 bits per heavy atom. The van der Waals surface area contributed by atoms with E-state index in [1.54, 1.807) is 0 Å². The molecule has 2 nitrogen and oxygen atoms in total. The van der Waals surface area contributed by atoms with Gasteiger partial charge in [0.05, 0.1) is 22.8 Å². The monoisotopic (exact) mass is 594 g/mol. The van der Waals surface area contributed by atoms with Crippen molar-refractivity contribution in [2.75, 3.05) is 0 Å². The van der Waals surface area contributed by atoms with Crippen LogP contribution in [0.2, 0.25) is 0 Å². The largest absolute Gasteiger partial charge is 0.252 e. The van der Waals surface area contributed by atoms with Crippen LogP contribution in [-0.2, 0) is 46.1 Å². The second-order valence-electron chi connectivity index (χ2n) is 10.1. The van der Waals surface area contributed by atoms with Crippen molar-refractivity contribution in [3.05, 3.63) is 58.7 Å².